The molecule has 1 fully saturated rings. The molecule has 1 saturated heterocycles. The highest BCUT2D eigenvalue weighted by Gasteiger charge is 2.31. The summed E-state index contributed by atoms with van der Waals surface area (Å²) in [6.07, 6.45) is 5.20. The van der Waals surface area contributed by atoms with Crippen molar-refractivity contribution in [2.24, 2.45) is 11.8 Å². The summed E-state index contributed by atoms with van der Waals surface area (Å²) in [4.78, 5) is 23.1. The number of rotatable bonds is 8. The summed E-state index contributed by atoms with van der Waals surface area (Å²) in [7, 11) is 1.62. The lowest BCUT2D eigenvalue weighted by Crippen LogP contribution is -2.41. The lowest BCUT2D eigenvalue weighted by molar-refractivity contribution is -0.139. The fourth-order valence-corrected chi connectivity index (χ4v) is 5.23. The predicted molar refractivity (Wildman–Crippen MR) is 132 cm³/mol. The Bertz CT molecular complexity index is 1170. The number of aliphatic hydroxyl groups excluding tert-OH is 1. The molecule has 1 aliphatic heterocycles. The first-order valence-electron chi connectivity index (χ1n) is 11.5. The smallest absolute Gasteiger partial charge is 0.303 e. The van der Waals surface area contributed by atoms with Crippen LogP contribution in [0, 0.1) is 23.7 Å². The largest absolute Gasteiger partial charge is 0.497 e. The zero-order valence-electron chi connectivity index (χ0n) is 19.2. The summed E-state index contributed by atoms with van der Waals surface area (Å²) in [6.45, 7) is 2.21. The highest BCUT2D eigenvalue weighted by Crippen LogP contribution is 2.34. The molecule has 3 atom stereocenters. The number of aliphatic carboxylic acids is 1. The number of likely N-dealkylation sites (tertiary alicyclic amines) is 1. The number of hydrogen-bond acceptors (Lipinski definition) is 7. The SMILES string of the molecule is COc1ccc2nccc([C@H](O)CC[C@@H]3CCN(CC#Cc4cncs4)C[C@@H]3CC(=O)O)c2c1. The van der Waals surface area contributed by atoms with E-state index in [0.717, 1.165) is 46.5 Å². The summed E-state index contributed by atoms with van der Waals surface area (Å²) in [6, 6.07) is 7.50. The van der Waals surface area contributed by atoms with Crippen molar-refractivity contribution in [2.45, 2.75) is 31.8 Å². The van der Waals surface area contributed by atoms with Crippen LogP contribution in [0.25, 0.3) is 10.9 Å². The number of methoxy groups -OCH3 is 1. The number of ether oxygens (including phenoxy) is 1. The van der Waals surface area contributed by atoms with Gasteiger partial charge >= 0.3 is 5.97 Å². The van der Waals surface area contributed by atoms with Crippen LogP contribution in [0.15, 0.2) is 42.2 Å². The second kappa shape index (κ2) is 11.4. The first-order valence-corrected chi connectivity index (χ1v) is 12.3. The Kier molecular flexibility index (Phi) is 8.12. The minimum absolute atomic E-state index is 0.0398. The number of carboxylic acids is 1. The molecular weight excluding hydrogens is 450 g/mol. The summed E-state index contributed by atoms with van der Waals surface area (Å²) >= 11 is 1.51. The monoisotopic (exact) mass is 479 g/mol. The van der Waals surface area contributed by atoms with Crippen LogP contribution in [0.3, 0.4) is 0 Å². The van der Waals surface area contributed by atoms with Gasteiger partial charge in [-0.25, -0.2) is 0 Å². The van der Waals surface area contributed by atoms with E-state index >= 15 is 0 Å². The molecule has 178 valence electrons. The molecule has 3 aromatic rings. The van der Waals surface area contributed by atoms with E-state index in [-0.39, 0.29) is 18.3 Å². The third-order valence-corrected chi connectivity index (χ3v) is 7.20. The van der Waals surface area contributed by atoms with Crippen LogP contribution >= 0.6 is 11.3 Å². The molecule has 0 saturated carbocycles. The van der Waals surface area contributed by atoms with Gasteiger partial charge in [0.15, 0.2) is 0 Å². The first-order chi connectivity index (χ1) is 16.5. The number of benzene rings is 1. The molecule has 7 nitrogen and oxygen atoms in total. The van der Waals surface area contributed by atoms with E-state index < -0.39 is 12.1 Å². The average Bonchev–Trinajstić information content (AvgIpc) is 3.36. The predicted octanol–water partition coefficient (Wildman–Crippen LogP) is 3.98. The molecule has 2 N–H and O–H groups in total. The Morgan fingerprint density at radius 2 is 2.24 bits per heavy atom. The third-order valence-electron chi connectivity index (χ3n) is 6.51. The van der Waals surface area contributed by atoms with Crippen LogP contribution in [0.5, 0.6) is 5.75 Å². The number of aromatic nitrogens is 2. The minimum atomic E-state index is -0.777. The number of carboxylic acid groups (broad SMARTS) is 1. The quantitative estimate of drug-likeness (QED) is 0.472. The Balaban J connectivity index is 1.39. The zero-order chi connectivity index (χ0) is 23.9. The Labute approximate surface area is 203 Å². The Hall–Kier alpha value is -2.99. The summed E-state index contributed by atoms with van der Waals surface area (Å²) in [5.41, 5.74) is 3.40. The van der Waals surface area contributed by atoms with Gasteiger partial charge in [-0.05, 0) is 67.5 Å². The van der Waals surface area contributed by atoms with Gasteiger partial charge in [0.1, 0.15) is 5.75 Å². The molecule has 1 aromatic carbocycles. The van der Waals surface area contributed by atoms with E-state index in [4.69, 9.17) is 4.74 Å². The average molecular weight is 480 g/mol. The van der Waals surface area contributed by atoms with Crippen molar-refractivity contribution in [3.05, 3.63) is 52.6 Å². The fraction of sp³-hybridized carbons (Fsp3) is 0.423. The van der Waals surface area contributed by atoms with Crippen LogP contribution in [0.2, 0.25) is 0 Å². The molecule has 8 heteroatoms. The van der Waals surface area contributed by atoms with Crippen molar-refractivity contribution in [2.75, 3.05) is 26.7 Å². The molecule has 0 radical (unpaired) electrons. The van der Waals surface area contributed by atoms with E-state index in [1.54, 1.807) is 25.0 Å². The number of pyridine rings is 1. The molecule has 34 heavy (non-hydrogen) atoms. The topological polar surface area (TPSA) is 95.8 Å². The van der Waals surface area contributed by atoms with Crippen molar-refractivity contribution in [3.8, 4) is 17.6 Å². The van der Waals surface area contributed by atoms with Gasteiger partial charge in [0.25, 0.3) is 0 Å². The maximum Gasteiger partial charge on any atom is 0.303 e. The molecule has 0 aliphatic carbocycles. The van der Waals surface area contributed by atoms with E-state index in [1.165, 1.54) is 11.3 Å². The minimum Gasteiger partial charge on any atom is -0.497 e. The van der Waals surface area contributed by atoms with Crippen molar-refractivity contribution >= 4 is 28.2 Å². The number of thiazole rings is 1. The van der Waals surface area contributed by atoms with E-state index in [2.05, 4.69) is 26.7 Å². The molecule has 3 heterocycles. The van der Waals surface area contributed by atoms with E-state index in [1.807, 2.05) is 24.3 Å². The molecule has 0 bridgehead atoms. The summed E-state index contributed by atoms with van der Waals surface area (Å²) < 4.78 is 5.34. The number of piperidine rings is 1. The number of nitrogens with zero attached hydrogens (tertiary/aromatic N) is 3. The van der Waals surface area contributed by atoms with Gasteiger partial charge in [0.2, 0.25) is 0 Å². The van der Waals surface area contributed by atoms with Gasteiger partial charge in [0.05, 0.1) is 41.9 Å². The molecule has 0 unspecified atom stereocenters. The number of carbonyl (C=O) groups is 1. The van der Waals surface area contributed by atoms with Crippen LogP contribution in [0.4, 0.5) is 0 Å². The second-order valence-corrected chi connectivity index (χ2v) is 9.57. The molecule has 4 rings (SSSR count). The van der Waals surface area contributed by atoms with Gasteiger partial charge in [-0.2, -0.15) is 0 Å². The van der Waals surface area contributed by atoms with Crippen LogP contribution in [0.1, 0.15) is 42.2 Å². The van der Waals surface area contributed by atoms with Crippen molar-refractivity contribution < 1.29 is 19.7 Å². The summed E-state index contributed by atoms with van der Waals surface area (Å²) in [5.74, 6) is 6.54. The molecular formula is C26H29N3O4S. The summed E-state index contributed by atoms with van der Waals surface area (Å²) in [5, 5.41) is 21.4. The highest BCUT2D eigenvalue weighted by molar-refractivity contribution is 7.10. The van der Waals surface area contributed by atoms with E-state index in [0.29, 0.717) is 19.5 Å². The standard InChI is InChI=1S/C26H29N3O4S/c1-33-20-5-6-24-23(14-20)22(8-10-28-24)25(30)7-4-18-9-12-29(16-19(18)13-26(31)32)11-2-3-21-15-27-17-34-21/h5-6,8,10,14-15,17-19,25,30H,4,7,9,11-13,16H2,1H3,(H,31,32)/t18-,19+,25-/m1/s1. The van der Waals surface area contributed by atoms with Crippen LogP contribution in [-0.2, 0) is 4.79 Å². The van der Waals surface area contributed by atoms with E-state index in [9.17, 15) is 15.0 Å². The van der Waals surface area contributed by atoms with Gasteiger partial charge < -0.3 is 14.9 Å². The molecule has 0 amide bonds. The van der Waals surface area contributed by atoms with Gasteiger partial charge in [-0.3, -0.25) is 19.7 Å². The Morgan fingerprint density at radius 3 is 3.00 bits per heavy atom. The molecule has 0 spiro atoms. The normalized spacial score (nSPS) is 19.4. The maximum atomic E-state index is 11.5. The van der Waals surface area contributed by atoms with Crippen LogP contribution < -0.4 is 4.74 Å². The van der Waals surface area contributed by atoms with Gasteiger partial charge in [-0.15, -0.1) is 11.3 Å². The third kappa shape index (κ3) is 6.11. The van der Waals surface area contributed by atoms with Crippen molar-refractivity contribution in [1.29, 1.82) is 0 Å². The fourth-order valence-electron chi connectivity index (χ4n) is 4.74. The molecule has 1 aliphatic rings. The number of aliphatic hydroxyl groups is 1. The lowest BCUT2D eigenvalue weighted by Gasteiger charge is -2.37. The van der Waals surface area contributed by atoms with Crippen molar-refractivity contribution in [3.63, 3.8) is 0 Å². The van der Waals surface area contributed by atoms with Crippen molar-refractivity contribution in [1.82, 2.24) is 14.9 Å². The number of fused-ring (bicyclic) bond motifs is 1. The van der Waals surface area contributed by atoms with Crippen LogP contribution in [-0.4, -0.2) is 57.8 Å². The van der Waals surface area contributed by atoms with Gasteiger partial charge in [0, 0.05) is 24.5 Å². The second-order valence-electron chi connectivity index (χ2n) is 8.69. The Morgan fingerprint density at radius 1 is 1.35 bits per heavy atom. The number of hydrogen-bond donors (Lipinski definition) is 2. The molecule has 2 aromatic heterocycles. The first kappa shape index (κ1) is 24.1. The highest BCUT2D eigenvalue weighted by atomic mass is 32.1. The zero-order valence-corrected chi connectivity index (χ0v) is 20.0. The maximum absolute atomic E-state index is 11.5. The van der Waals surface area contributed by atoms with Gasteiger partial charge in [-0.1, -0.05) is 11.8 Å². The lowest BCUT2D eigenvalue weighted by atomic mass is 9.79.